The second-order valence-corrected chi connectivity index (χ2v) is 17.6. The van der Waals surface area contributed by atoms with E-state index < -0.39 is 0 Å². The molecule has 0 nitrogen and oxygen atoms in total. The largest absolute Gasteiger partial charge is 0.0936 e. The van der Waals surface area contributed by atoms with Crippen LogP contribution in [0.15, 0.2) is 0 Å². The van der Waals surface area contributed by atoms with E-state index in [4.69, 9.17) is 0 Å². The maximum Gasteiger partial charge on any atom is -0.00814 e. The summed E-state index contributed by atoms with van der Waals surface area (Å²) in [4.78, 5) is 0. The van der Waals surface area contributed by atoms with Crippen molar-refractivity contribution in [1.82, 2.24) is 0 Å². The van der Waals surface area contributed by atoms with Crippen LogP contribution in [0.1, 0.15) is 110 Å². The van der Waals surface area contributed by atoms with Crippen molar-refractivity contribution in [1.29, 1.82) is 0 Å². The molecule has 9 saturated carbocycles. The molecular formula is C29H47P. The zero-order valence-electron chi connectivity index (χ0n) is 20.0. The SMILES string of the molecule is CC1CCC(CP(C23CC4CC(CC(C4)C2)C3)C23CC4CC(CC(C4)C2)C3)CC1C. The van der Waals surface area contributed by atoms with Gasteiger partial charge in [-0.15, -0.1) is 0 Å². The average Bonchev–Trinajstić information content (AvgIpc) is 2.66. The lowest BCUT2D eigenvalue weighted by molar-refractivity contribution is 0.0180. The Hall–Kier alpha value is 0.430. The molecular weight excluding hydrogens is 379 g/mol. The van der Waals surface area contributed by atoms with Crippen LogP contribution >= 0.6 is 7.92 Å². The Balaban J connectivity index is 1.24. The second-order valence-electron chi connectivity index (χ2n) is 14.5. The van der Waals surface area contributed by atoms with Crippen LogP contribution in [-0.4, -0.2) is 16.5 Å². The van der Waals surface area contributed by atoms with E-state index in [0.29, 0.717) is 0 Å². The van der Waals surface area contributed by atoms with Crippen LogP contribution in [0.2, 0.25) is 0 Å². The summed E-state index contributed by atoms with van der Waals surface area (Å²) in [6.45, 7) is 5.14. The highest BCUT2D eigenvalue weighted by Gasteiger charge is 2.62. The van der Waals surface area contributed by atoms with Crippen molar-refractivity contribution in [2.24, 2.45) is 53.3 Å². The maximum absolute atomic E-state index is 2.59. The second kappa shape index (κ2) is 6.97. The van der Waals surface area contributed by atoms with E-state index in [1.165, 1.54) is 6.42 Å². The molecule has 0 N–H and O–H groups in total. The number of rotatable bonds is 4. The highest BCUT2D eigenvalue weighted by molar-refractivity contribution is 7.61. The number of hydrogen-bond donors (Lipinski definition) is 0. The summed E-state index contributed by atoms with van der Waals surface area (Å²) >= 11 is 0. The van der Waals surface area contributed by atoms with Gasteiger partial charge in [0.05, 0.1) is 0 Å². The van der Waals surface area contributed by atoms with E-state index in [1.54, 1.807) is 96.1 Å². The van der Waals surface area contributed by atoms with Crippen LogP contribution in [0.4, 0.5) is 0 Å². The lowest BCUT2D eigenvalue weighted by atomic mass is 9.55. The summed E-state index contributed by atoms with van der Waals surface area (Å²) < 4.78 is 0. The normalized spacial score (nSPS) is 59.6. The molecule has 0 heterocycles. The first-order chi connectivity index (χ1) is 14.5. The zero-order valence-corrected chi connectivity index (χ0v) is 20.9. The molecule has 30 heavy (non-hydrogen) atoms. The highest BCUT2D eigenvalue weighted by atomic mass is 31.1. The third kappa shape index (κ3) is 3.07. The average molecular weight is 427 g/mol. The molecule has 3 unspecified atom stereocenters. The Morgan fingerprint density at radius 1 is 0.533 bits per heavy atom. The van der Waals surface area contributed by atoms with E-state index in [-0.39, 0.29) is 7.92 Å². The monoisotopic (exact) mass is 426 g/mol. The Kier molecular flexibility index (Phi) is 4.61. The smallest absolute Gasteiger partial charge is 0.00814 e. The first kappa shape index (κ1) is 19.9. The van der Waals surface area contributed by atoms with Crippen molar-refractivity contribution in [2.45, 2.75) is 120 Å². The van der Waals surface area contributed by atoms with Crippen molar-refractivity contribution in [3.05, 3.63) is 0 Å². The topological polar surface area (TPSA) is 0 Å². The van der Waals surface area contributed by atoms with Gasteiger partial charge in [0.1, 0.15) is 0 Å². The molecule has 0 aromatic carbocycles. The van der Waals surface area contributed by atoms with Crippen molar-refractivity contribution in [3.63, 3.8) is 0 Å². The molecule has 1 heteroatoms. The first-order valence-corrected chi connectivity index (χ1v) is 15.8. The summed E-state index contributed by atoms with van der Waals surface area (Å²) in [5.74, 6) is 10.0. The fourth-order valence-corrected chi connectivity index (χ4v) is 17.3. The van der Waals surface area contributed by atoms with Crippen LogP contribution in [0.3, 0.4) is 0 Å². The predicted molar refractivity (Wildman–Crippen MR) is 129 cm³/mol. The minimum Gasteiger partial charge on any atom is -0.0936 e. The van der Waals surface area contributed by atoms with Crippen molar-refractivity contribution in [2.75, 3.05) is 6.16 Å². The molecule has 9 rings (SSSR count). The molecule has 0 aromatic heterocycles. The molecule has 9 aliphatic carbocycles. The molecule has 0 aliphatic heterocycles. The van der Waals surface area contributed by atoms with Crippen LogP contribution in [-0.2, 0) is 0 Å². The summed E-state index contributed by atoms with van der Waals surface area (Å²) in [6.07, 6.45) is 26.5. The predicted octanol–water partition coefficient (Wildman–Crippen LogP) is 8.48. The van der Waals surface area contributed by atoms with Gasteiger partial charge in [0.15, 0.2) is 0 Å². The van der Waals surface area contributed by atoms with Crippen LogP contribution in [0.5, 0.6) is 0 Å². The van der Waals surface area contributed by atoms with Crippen molar-refractivity contribution < 1.29 is 0 Å². The van der Waals surface area contributed by atoms with Gasteiger partial charge in [0.25, 0.3) is 0 Å². The van der Waals surface area contributed by atoms with E-state index >= 15 is 0 Å². The molecule has 168 valence electrons. The Labute approximate surface area is 187 Å². The van der Waals surface area contributed by atoms with Gasteiger partial charge in [-0.25, -0.2) is 0 Å². The van der Waals surface area contributed by atoms with Gasteiger partial charge in [-0.1, -0.05) is 28.2 Å². The zero-order chi connectivity index (χ0) is 20.1. The Bertz CT molecular complexity index is 563. The molecule has 0 spiro atoms. The number of hydrogen-bond acceptors (Lipinski definition) is 0. The van der Waals surface area contributed by atoms with Crippen LogP contribution in [0, 0.1) is 53.3 Å². The van der Waals surface area contributed by atoms with Crippen molar-refractivity contribution in [3.8, 4) is 0 Å². The minimum atomic E-state index is 0.235. The molecule has 9 aliphatic rings. The fourth-order valence-electron chi connectivity index (χ4n) is 11.8. The van der Waals surface area contributed by atoms with Gasteiger partial charge in [-0.3, -0.25) is 0 Å². The molecule has 0 saturated heterocycles. The standard InChI is InChI=1S/C29H47P/c1-19-3-4-21(5-20(19)2)18-30(28-12-22-6-23(13-28)8-24(7-22)14-28)29-15-25-9-26(16-29)11-27(10-25)17-29/h19-27H,3-18H2,1-2H3. The first-order valence-electron chi connectivity index (χ1n) is 14.3. The molecule has 3 atom stereocenters. The lowest BCUT2D eigenvalue weighted by Crippen LogP contribution is -2.57. The Morgan fingerprint density at radius 2 is 0.933 bits per heavy atom. The summed E-state index contributed by atoms with van der Waals surface area (Å²) in [5.41, 5.74) is 0. The molecule has 8 bridgehead atoms. The third-order valence-electron chi connectivity index (χ3n) is 12.3. The van der Waals surface area contributed by atoms with Gasteiger partial charge in [-0.05, 0) is 160 Å². The van der Waals surface area contributed by atoms with E-state index in [9.17, 15) is 0 Å². The third-order valence-corrected chi connectivity index (χ3v) is 16.6. The lowest BCUT2D eigenvalue weighted by Gasteiger charge is -2.68. The van der Waals surface area contributed by atoms with E-state index in [1.807, 2.05) is 0 Å². The maximum atomic E-state index is 2.59. The van der Waals surface area contributed by atoms with E-state index in [0.717, 1.165) is 63.6 Å². The molecule has 9 fully saturated rings. The van der Waals surface area contributed by atoms with Crippen LogP contribution < -0.4 is 0 Å². The quantitative estimate of drug-likeness (QED) is 0.395. The van der Waals surface area contributed by atoms with Gasteiger partial charge < -0.3 is 0 Å². The molecule has 0 amide bonds. The highest BCUT2D eigenvalue weighted by Crippen LogP contribution is 2.79. The van der Waals surface area contributed by atoms with Gasteiger partial charge in [-0.2, -0.15) is 0 Å². The van der Waals surface area contributed by atoms with E-state index in [2.05, 4.69) is 13.8 Å². The van der Waals surface area contributed by atoms with Crippen LogP contribution in [0.25, 0.3) is 0 Å². The van der Waals surface area contributed by atoms with Gasteiger partial charge in [0.2, 0.25) is 0 Å². The van der Waals surface area contributed by atoms with Gasteiger partial charge in [0, 0.05) is 0 Å². The molecule has 0 aromatic rings. The summed E-state index contributed by atoms with van der Waals surface area (Å²) in [5, 5.41) is 1.73. The molecule has 0 radical (unpaired) electrons. The van der Waals surface area contributed by atoms with Gasteiger partial charge >= 0.3 is 0 Å². The Morgan fingerprint density at radius 3 is 1.30 bits per heavy atom. The van der Waals surface area contributed by atoms with Crippen molar-refractivity contribution >= 4 is 7.92 Å². The fraction of sp³-hybridized carbons (Fsp3) is 1.00. The summed E-state index contributed by atoms with van der Waals surface area (Å²) in [7, 11) is 0.235. The summed E-state index contributed by atoms with van der Waals surface area (Å²) in [6, 6.07) is 0. The minimum absolute atomic E-state index is 0.235.